The number of carboxylic acid groups (broad SMARTS) is 1. The fraction of sp³-hybridized carbons (Fsp3) is 0.800. The number of aliphatic carboxylic acids is 1. The molecule has 1 fully saturated rings. The van der Waals surface area contributed by atoms with Gasteiger partial charge >= 0.3 is 5.97 Å². The summed E-state index contributed by atoms with van der Waals surface area (Å²) in [7, 11) is 1.46. The first-order valence-electron chi connectivity index (χ1n) is 4.91. The van der Waals surface area contributed by atoms with E-state index in [4.69, 9.17) is 19.8 Å². The van der Waals surface area contributed by atoms with Gasteiger partial charge in [0.05, 0.1) is 12.7 Å². The topological polar surface area (TPSA) is 79.6 Å². The van der Waals surface area contributed by atoms with Gasteiger partial charge in [-0.25, -0.2) is 0 Å². The van der Waals surface area contributed by atoms with Crippen molar-refractivity contribution in [3.63, 3.8) is 0 Å². The molecule has 5 heteroatoms. The smallest absolute Gasteiger partial charge is 0.324 e. The summed E-state index contributed by atoms with van der Waals surface area (Å²) in [6.07, 6.45) is 0.222. The molecule has 1 heterocycles. The van der Waals surface area contributed by atoms with Crippen molar-refractivity contribution in [2.24, 2.45) is 11.3 Å². The van der Waals surface area contributed by atoms with Gasteiger partial charge in [0.25, 0.3) is 0 Å². The highest BCUT2D eigenvalue weighted by atomic mass is 16.7. The number of nitriles is 1. The van der Waals surface area contributed by atoms with Crippen molar-refractivity contribution in [3.05, 3.63) is 0 Å². The van der Waals surface area contributed by atoms with E-state index in [0.717, 1.165) is 0 Å². The van der Waals surface area contributed by atoms with E-state index in [1.54, 1.807) is 6.92 Å². The molecule has 1 aliphatic heterocycles. The monoisotopic (exact) mass is 213 g/mol. The van der Waals surface area contributed by atoms with Crippen molar-refractivity contribution < 1.29 is 19.4 Å². The summed E-state index contributed by atoms with van der Waals surface area (Å²) in [5.74, 6) is -1.49. The summed E-state index contributed by atoms with van der Waals surface area (Å²) in [6.45, 7) is 2.14. The molecule has 3 atom stereocenters. The number of ether oxygens (including phenoxy) is 2. The van der Waals surface area contributed by atoms with E-state index in [1.165, 1.54) is 7.11 Å². The maximum Gasteiger partial charge on any atom is 0.324 e. The molecule has 0 aromatic carbocycles. The maximum absolute atomic E-state index is 11.2. The second-order valence-corrected chi connectivity index (χ2v) is 3.61. The highest BCUT2D eigenvalue weighted by Crippen LogP contribution is 2.40. The lowest BCUT2D eigenvalue weighted by Gasteiger charge is -2.29. The largest absolute Gasteiger partial charge is 0.480 e. The van der Waals surface area contributed by atoms with Crippen LogP contribution in [0.3, 0.4) is 0 Å². The van der Waals surface area contributed by atoms with Crippen molar-refractivity contribution in [2.45, 2.75) is 26.1 Å². The molecule has 5 nitrogen and oxygen atoms in total. The zero-order valence-corrected chi connectivity index (χ0v) is 8.90. The number of methoxy groups -OCH3 is 1. The molecule has 84 valence electrons. The van der Waals surface area contributed by atoms with Crippen molar-refractivity contribution in [2.75, 3.05) is 13.7 Å². The fourth-order valence-corrected chi connectivity index (χ4v) is 2.06. The first-order chi connectivity index (χ1) is 7.12. The molecule has 1 N–H and O–H groups in total. The van der Waals surface area contributed by atoms with Gasteiger partial charge in [-0.05, 0) is 12.8 Å². The third-order valence-electron chi connectivity index (χ3n) is 3.04. The molecule has 0 radical (unpaired) electrons. The average Bonchev–Trinajstić information content (AvgIpc) is 2.69. The first-order valence-corrected chi connectivity index (χ1v) is 4.91. The van der Waals surface area contributed by atoms with Crippen LogP contribution in [0.4, 0.5) is 0 Å². The van der Waals surface area contributed by atoms with E-state index in [1.807, 2.05) is 6.07 Å². The Labute approximate surface area is 88.6 Å². The molecule has 0 aromatic heterocycles. The Hall–Kier alpha value is -1.12. The molecule has 15 heavy (non-hydrogen) atoms. The number of hydrogen-bond donors (Lipinski definition) is 1. The average molecular weight is 213 g/mol. The Balaban J connectivity index is 2.99. The highest BCUT2D eigenvalue weighted by Gasteiger charge is 2.51. The lowest BCUT2D eigenvalue weighted by atomic mass is 9.73. The van der Waals surface area contributed by atoms with E-state index < -0.39 is 23.6 Å². The third kappa shape index (κ3) is 1.83. The summed E-state index contributed by atoms with van der Waals surface area (Å²) in [5, 5.41) is 18.2. The van der Waals surface area contributed by atoms with Crippen LogP contribution >= 0.6 is 0 Å². The maximum atomic E-state index is 11.2. The van der Waals surface area contributed by atoms with Crippen LogP contribution in [0.1, 0.15) is 19.8 Å². The molecule has 0 spiro atoms. The summed E-state index contributed by atoms with van der Waals surface area (Å²) in [6, 6.07) is 1.91. The molecule has 1 saturated heterocycles. The molecular formula is C10H15NO4. The standard InChI is InChI=1S/C10H15NO4/c1-3-10(6-11,9(12)13)7-4-5-15-8(7)14-2/h7-8H,3-5H2,1-2H3,(H,12,13). The van der Waals surface area contributed by atoms with E-state index in [-0.39, 0.29) is 6.42 Å². The van der Waals surface area contributed by atoms with E-state index >= 15 is 0 Å². The molecule has 0 bridgehead atoms. The molecule has 0 amide bonds. The van der Waals surface area contributed by atoms with Gasteiger partial charge in [-0.2, -0.15) is 5.26 Å². The number of nitrogens with zero attached hydrogens (tertiary/aromatic N) is 1. The minimum atomic E-state index is -1.39. The van der Waals surface area contributed by atoms with Gasteiger partial charge < -0.3 is 14.6 Å². The van der Waals surface area contributed by atoms with Gasteiger partial charge in [0.2, 0.25) is 0 Å². The minimum absolute atomic E-state index is 0.257. The van der Waals surface area contributed by atoms with Crippen molar-refractivity contribution >= 4 is 5.97 Å². The number of hydrogen-bond acceptors (Lipinski definition) is 4. The summed E-state index contributed by atoms with van der Waals surface area (Å²) < 4.78 is 10.3. The van der Waals surface area contributed by atoms with Crippen molar-refractivity contribution in [1.29, 1.82) is 5.26 Å². The van der Waals surface area contributed by atoms with E-state index in [0.29, 0.717) is 13.0 Å². The lowest BCUT2D eigenvalue weighted by Crippen LogP contribution is -2.41. The highest BCUT2D eigenvalue weighted by molar-refractivity contribution is 5.78. The van der Waals surface area contributed by atoms with Gasteiger partial charge in [0.1, 0.15) is 0 Å². The summed E-state index contributed by atoms with van der Waals surface area (Å²) in [4.78, 5) is 11.2. The van der Waals surface area contributed by atoms with Crippen molar-refractivity contribution in [1.82, 2.24) is 0 Å². The van der Waals surface area contributed by atoms with Crippen LogP contribution in [-0.4, -0.2) is 31.1 Å². The molecular weight excluding hydrogens is 198 g/mol. The summed E-state index contributed by atoms with van der Waals surface area (Å²) >= 11 is 0. The molecule has 1 aliphatic rings. The van der Waals surface area contributed by atoms with Crippen LogP contribution in [0.25, 0.3) is 0 Å². The lowest BCUT2D eigenvalue weighted by molar-refractivity contribution is -0.162. The molecule has 0 aromatic rings. The Morgan fingerprint density at radius 2 is 2.47 bits per heavy atom. The molecule has 3 unspecified atom stereocenters. The Morgan fingerprint density at radius 1 is 1.80 bits per heavy atom. The second kappa shape index (κ2) is 4.60. The zero-order chi connectivity index (χ0) is 11.5. The van der Waals surface area contributed by atoms with E-state index in [9.17, 15) is 4.79 Å². The van der Waals surface area contributed by atoms with E-state index in [2.05, 4.69) is 0 Å². The Kier molecular flexibility index (Phi) is 3.66. The number of carbonyl (C=O) groups is 1. The molecule has 0 aliphatic carbocycles. The minimum Gasteiger partial charge on any atom is -0.480 e. The Morgan fingerprint density at radius 3 is 2.87 bits per heavy atom. The van der Waals surface area contributed by atoms with Gasteiger partial charge in [0.15, 0.2) is 11.7 Å². The zero-order valence-electron chi connectivity index (χ0n) is 8.90. The van der Waals surface area contributed by atoms with Crippen LogP contribution < -0.4 is 0 Å². The van der Waals surface area contributed by atoms with Crippen LogP contribution in [-0.2, 0) is 14.3 Å². The predicted octanol–water partition coefficient (Wildman–Crippen LogP) is 1.000. The normalized spacial score (nSPS) is 29.4. The SMILES string of the molecule is CCC(C#N)(C(=O)O)C1CCOC1OC. The van der Waals surface area contributed by atoms with Crippen LogP contribution in [0.15, 0.2) is 0 Å². The molecule has 1 rings (SSSR count). The third-order valence-corrected chi connectivity index (χ3v) is 3.04. The van der Waals surface area contributed by atoms with Gasteiger partial charge in [-0.3, -0.25) is 4.79 Å². The predicted molar refractivity (Wildman–Crippen MR) is 50.8 cm³/mol. The fourth-order valence-electron chi connectivity index (χ4n) is 2.06. The molecule has 0 saturated carbocycles. The van der Waals surface area contributed by atoms with Crippen LogP contribution in [0.2, 0.25) is 0 Å². The number of carboxylic acids is 1. The van der Waals surface area contributed by atoms with Crippen LogP contribution in [0, 0.1) is 22.7 Å². The van der Waals surface area contributed by atoms with Crippen molar-refractivity contribution in [3.8, 4) is 6.07 Å². The summed E-state index contributed by atoms with van der Waals surface area (Å²) in [5.41, 5.74) is -1.39. The Bertz CT molecular complexity index is 286. The van der Waals surface area contributed by atoms with Gasteiger partial charge in [-0.15, -0.1) is 0 Å². The quantitative estimate of drug-likeness (QED) is 0.753. The van der Waals surface area contributed by atoms with Gasteiger partial charge in [0, 0.05) is 13.0 Å². The second-order valence-electron chi connectivity index (χ2n) is 3.61. The van der Waals surface area contributed by atoms with Gasteiger partial charge in [-0.1, -0.05) is 6.92 Å². The first kappa shape index (κ1) is 12.0. The number of rotatable bonds is 4. The van der Waals surface area contributed by atoms with Crippen LogP contribution in [0.5, 0.6) is 0 Å².